The van der Waals surface area contributed by atoms with E-state index >= 15 is 0 Å². The van der Waals surface area contributed by atoms with Crippen LogP contribution in [0.3, 0.4) is 0 Å². The largest absolute Gasteiger partial charge is 0.392 e. The Morgan fingerprint density at radius 2 is 2.14 bits per heavy atom. The van der Waals surface area contributed by atoms with E-state index in [1.54, 1.807) is 0 Å². The second kappa shape index (κ2) is 6.32. The highest BCUT2D eigenvalue weighted by atomic mass is 32.1. The molecule has 0 saturated carbocycles. The number of ether oxygens (including phenoxy) is 1. The van der Waals surface area contributed by atoms with Gasteiger partial charge in [-0.1, -0.05) is 19.1 Å². The van der Waals surface area contributed by atoms with Gasteiger partial charge >= 0.3 is 0 Å². The zero-order valence-electron chi connectivity index (χ0n) is 8.87. The van der Waals surface area contributed by atoms with E-state index in [9.17, 15) is 0 Å². The van der Waals surface area contributed by atoms with Crippen molar-refractivity contribution < 1.29 is 4.74 Å². The summed E-state index contributed by atoms with van der Waals surface area (Å²) in [4.78, 5) is 2.91. The molecule has 1 heterocycles. The van der Waals surface area contributed by atoms with Gasteiger partial charge in [0.05, 0.1) is 4.99 Å². The van der Waals surface area contributed by atoms with Crippen LogP contribution in [-0.2, 0) is 4.74 Å². The molecule has 0 amide bonds. The maximum absolute atomic E-state index is 5.54. The Balaban J connectivity index is 2.27. The molecule has 82 valence electrons. The highest BCUT2D eigenvalue weighted by Crippen LogP contribution is 2.15. The molecular formula is C10H20N2OS. The SMILES string of the molecule is CCN(CC(N)=S)CC1CCOCC1. The summed E-state index contributed by atoms with van der Waals surface area (Å²) >= 11 is 4.92. The number of hydrogen-bond acceptors (Lipinski definition) is 3. The summed E-state index contributed by atoms with van der Waals surface area (Å²) in [5.74, 6) is 0.762. The summed E-state index contributed by atoms with van der Waals surface area (Å²) < 4.78 is 5.33. The first-order valence-electron chi connectivity index (χ1n) is 5.30. The molecule has 0 aromatic carbocycles. The predicted octanol–water partition coefficient (Wildman–Crippen LogP) is 1.02. The fourth-order valence-electron chi connectivity index (χ4n) is 1.82. The fraction of sp³-hybridized carbons (Fsp3) is 0.900. The van der Waals surface area contributed by atoms with Gasteiger partial charge in [0.2, 0.25) is 0 Å². The van der Waals surface area contributed by atoms with Crippen LogP contribution >= 0.6 is 12.2 Å². The van der Waals surface area contributed by atoms with Gasteiger partial charge in [-0.15, -0.1) is 0 Å². The molecule has 0 aromatic heterocycles. The Morgan fingerprint density at radius 3 is 2.64 bits per heavy atom. The van der Waals surface area contributed by atoms with Crippen LogP contribution < -0.4 is 5.73 Å². The summed E-state index contributed by atoms with van der Waals surface area (Å²) in [6.45, 7) is 6.86. The van der Waals surface area contributed by atoms with E-state index < -0.39 is 0 Å². The monoisotopic (exact) mass is 216 g/mol. The van der Waals surface area contributed by atoms with Crippen molar-refractivity contribution in [3.63, 3.8) is 0 Å². The molecule has 2 N–H and O–H groups in total. The lowest BCUT2D eigenvalue weighted by Crippen LogP contribution is -2.37. The molecule has 0 radical (unpaired) electrons. The van der Waals surface area contributed by atoms with E-state index in [1.807, 2.05) is 0 Å². The van der Waals surface area contributed by atoms with Gasteiger partial charge in [-0.3, -0.25) is 4.90 Å². The minimum atomic E-state index is 0.596. The van der Waals surface area contributed by atoms with Crippen molar-refractivity contribution >= 4 is 17.2 Å². The highest BCUT2D eigenvalue weighted by Gasteiger charge is 2.16. The molecule has 4 heteroatoms. The molecule has 0 spiro atoms. The van der Waals surface area contributed by atoms with Crippen molar-refractivity contribution in [1.82, 2.24) is 4.90 Å². The van der Waals surface area contributed by atoms with Crippen LogP contribution in [-0.4, -0.2) is 42.7 Å². The summed E-state index contributed by atoms with van der Waals surface area (Å²) in [6, 6.07) is 0. The molecule has 1 fully saturated rings. The first kappa shape index (κ1) is 11.9. The van der Waals surface area contributed by atoms with Crippen LogP contribution in [0.1, 0.15) is 19.8 Å². The fourth-order valence-corrected chi connectivity index (χ4v) is 2.00. The highest BCUT2D eigenvalue weighted by molar-refractivity contribution is 7.80. The van der Waals surface area contributed by atoms with Crippen molar-refractivity contribution in [1.29, 1.82) is 0 Å². The van der Waals surface area contributed by atoms with Crippen LogP contribution in [0.15, 0.2) is 0 Å². The van der Waals surface area contributed by atoms with Crippen LogP contribution in [0.2, 0.25) is 0 Å². The van der Waals surface area contributed by atoms with E-state index in [-0.39, 0.29) is 0 Å². The first-order valence-corrected chi connectivity index (χ1v) is 5.71. The average Bonchev–Trinajstić information content (AvgIpc) is 2.17. The molecule has 3 nitrogen and oxygen atoms in total. The Hall–Kier alpha value is -0.190. The quantitative estimate of drug-likeness (QED) is 0.696. The van der Waals surface area contributed by atoms with Crippen molar-refractivity contribution in [2.45, 2.75) is 19.8 Å². The maximum atomic E-state index is 5.54. The lowest BCUT2D eigenvalue weighted by Gasteiger charge is -2.28. The minimum absolute atomic E-state index is 0.596. The maximum Gasteiger partial charge on any atom is 0.0870 e. The van der Waals surface area contributed by atoms with Gasteiger partial charge in [0, 0.05) is 26.3 Å². The molecule has 0 atom stereocenters. The normalized spacial score (nSPS) is 18.7. The number of thiocarbonyl (C=S) groups is 1. The Kier molecular flexibility index (Phi) is 5.37. The van der Waals surface area contributed by atoms with E-state index in [0.29, 0.717) is 4.99 Å². The van der Waals surface area contributed by atoms with Gasteiger partial charge < -0.3 is 10.5 Å². The van der Waals surface area contributed by atoms with Crippen LogP contribution in [0.4, 0.5) is 0 Å². The molecule has 14 heavy (non-hydrogen) atoms. The van der Waals surface area contributed by atoms with Gasteiger partial charge in [-0.05, 0) is 25.3 Å². The number of nitrogens with zero attached hydrogens (tertiary/aromatic N) is 1. The summed E-state index contributed by atoms with van der Waals surface area (Å²) in [6.07, 6.45) is 2.35. The van der Waals surface area contributed by atoms with Crippen LogP contribution in [0.5, 0.6) is 0 Å². The van der Waals surface area contributed by atoms with Gasteiger partial charge in [-0.2, -0.15) is 0 Å². The molecule has 1 aliphatic heterocycles. The van der Waals surface area contributed by atoms with Crippen molar-refractivity contribution in [3.05, 3.63) is 0 Å². The van der Waals surface area contributed by atoms with Gasteiger partial charge in [0.25, 0.3) is 0 Å². The standard InChI is InChI=1S/C10H20N2OS/c1-2-12(8-10(11)14)7-9-3-5-13-6-4-9/h9H,2-8H2,1H3,(H2,11,14). The van der Waals surface area contributed by atoms with Gasteiger partial charge in [0.1, 0.15) is 0 Å². The molecular weight excluding hydrogens is 196 g/mol. The second-order valence-electron chi connectivity index (χ2n) is 3.85. The van der Waals surface area contributed by atoms with Crippen LogP contribution in [0.25, 0.3) is 0 Å². The van der Waals surface area contributed by atoms with Crippen LogP contribution in [0, 0.1) is 5.92 Å². The van der Waals surface area contributed by atoms with Crippen molar-refractivity contribution in [3.8, 4) is 0 Å². The second-order valence-corrected chi connectivity index (χ2v) is 4.37. The molecule has 0 unspecified atom stereocenters. The van der Waals surface area contributed by atoms with Crippen molar-refractivity contribution in [2.24, 2.45) is 11.7 Å². The Morgan fingerprint density at radius 1 is 1.50 bits per heavy atom. The molecule has 0 aromatic rings. The van der Waals surface area contributed by atoms with Gasteiger partial charge in [-0.25, -0.2) is 0 Å². The van der Waals surface area contributed by atoms with E-state index in [4.69, 9.17) is 22.7 Å². The van der Waals surface area contributed by atoms with E-state index in [0.717, 1.165) is 38.8 Å². The third kappa shape index (κ3) is 4.35. The number of nitrogens with two attached hydrogens (primary N) is 1. The zero-order chi connectivity index (χ0) is 10.4. The predicted molar refractivity (Wildman–Crippen MR) is 62.4 cm³/mol. The number of rotatable bonds is 5. The third-order valence-corrected chi connectivity index (χ3v) is 2.81. The average molecular weight is 216 g/mol. The third-order valence-electron chi connectivity index (χ3n) is 2.68. The summed E-state index contributed by atoms with van der Waals surface area (Å²) in [5, 5.41) is 0. The van der Waals surface area contributed by atoms with E-state index in [1.165, 1.54) is 12.8 Å². The van der Waals surface area contributed by atoms with Crippen molar-refractivity contribution in [2.75, 3.05) is 32.8 Å². The summed E-state index contributed by atoms with van der Waals surface area (Å²) in [7, 11) is 0. The van der Waals surface area contributed by atoms with Gasteiger partial charge in [0.15, 0.2) is 0 Å². The molecule has 1 saturated heterocycles. The number of likely N-dealkylation sites (N-methyl/N-ethyl adjacent to an activating group) is 1. The molecule has 1 aliphatic rings. The lowest BCUT2D eigenvalue weighted by atomic mass is 10.00. The molecule has 0 aliphatic carbocycles. The lowest BCUT2D eigenvalue weighted by molar-refractivity contribution is 0.0551. The molecule has 0 bridgehead atoms. The first-order chi connectivity index (χ1) is 6.72. The van der Waals surface area contributed by atoms with E-state index in [2.05, 4.69) is 11.8 Å². The zero-order valence-corrected chi connectivity index (χ0v) is 9.68. The topological polar surface area (TPSA) is 38.5 Å². The smallest absolute Gasteiger partial charge is 0.0870 e. The Bertz CT molecular complexity index is 181. The Labute approximate surface area is 91.6 Å². The molecule has 1 rings (SSSR count). The summed E-state index contributed by atoms with van der Waals surface area (Å²) in [5.41, 5.74) is 5.54. The number of hydrogen-bond donors (Lipinski definition) is 1. The minimum Gasteiger partial charge on any atom is -0.392 e.